The summed E-state index contributed by atoms with van der Waals surface area (Å²) >= 11 is 0. The van der Waals surface area contributed by atoms with Crippen LogP contribution in [0.25, 0.3) is 0 Å². The van der Waals surface area contributed by atoms with Gasteiger partial charge < -0.3 is 20.5 Å². The zero-order valence-electron chi connectivity index (χ0n) is 14.7. The molecule has 2 amide bonds. The number of aryl methyl sites for hydroxylation is 1. The molecule has 0 aliphatic rings. The van der Waals surface area contributed by atoms with Gasteiger partial charge in [-0.15, -0.1) is 0 Å². The molecule has 2 unspecified atom stereocenters. The Morgan fingerprint density at radius 2 is 2.09 bits per heavy atom. The predicted octanol–water partition coefficient (Wildman–Crippen LogP) is 3.70. The van der Waals surface area contributed by atoms with Gasteiger partial charge in [0.1, 0.15) is 5.75 Å². The predicted molar refractivity (Wildman–Crippen MR) is 94.1 cm³/mol. The molecule has 0 aliphatic carbocycles. The number of benzene rings is 1. The van der Waals surface area contributed by atoms with Crippen LogP contribution in [0.4, 0.5) is 10.5 Å². The Bertz CT molecular complexity index is 489. The van der Waals surface area contributed by atoms with E-state index in [0.717, 1.165) is 29.8 Å². The van der Waals surface area contributed by atoms with Crippen molar-refractivity contribution in [2.45, 2.75) is 53.1 Å². The molecular formula is C18H30N2O3. The summed E-state index contributed by atoms with van der Waals surface area (Å²) in [7, 11) is 0. The first kappa shape index (κ1) is 19.3. The van der Waals surface area contributed by atoms with Gasteiger partial charge in [-0.3, -0.25) is 0 Å². The maximum absolute atomic E-state index is 11.9. The Balaban J connectivity index is 2.45. The molecule has 2 atom stereocenters. The first-order valence-corrected chi connectivity index (χ1v) is 8.38. The standard InChI is InChI=1S/C18H30N2O3/c1-5-6-9-23-16-7-8-17(14(3)11-16)20-18(22)19-12-13(2)10-15(4)21/h7-8,11,13,15,21H,5-6,9-10,12H2,1-4H3,(H2,19,20,22). The molecule has 0 fully saturated rings. The molecule has 1 aromatic rings. The second-order valence-electron chi connectivity index (χ2n) is 6.20. The van der Waals surface area contributed by atoms with Crippen molar-refractivity contribution in [2.24, 2.45) is 5.92 Å². The number of hydrogen-bond donors (Lipinski definition) is 3. The van der Waals surface area contributed by atoms with E-state index in [0.29, 0.717) is 19.6 Å². The van der Waals surface area contributed by atoms with Crippen molar-refractivity contribution in [2.75, 3.05) is 18.5 Å². The minimum atomic E-state index is -0.350. The van der Waals surface area contributed by atoms with Gasteiger partial charge in [0, 0.05) is 12.2 Å². The Labute approximate surface area is 139 Å². The van der Waals surface area contributed by atoms with E-state index in [1.165, 1.54) is 0 Å². The fourth-order valence-corrected chi connectivity index (χ4v) is 2.30. The van der Waals surface area contributed by atoms with Crippen LogP contribution >= 0.6 is 0 Å². The molecule has 3 N–H and O–H groups in total. The number of hydrogen-bond acceptors (Lipinski definition) is 3. The summed E-state index contributed by atoms with van der Waals surface area (Å²) < 4.78 is 5.65. The average molecular weight is 322 g/mol. The lowest BCUT2D eigenvalue weighted by Gasteiger charge is -2.15. The van der Waals surface area contributed by atoms with Gasteiger partial charge in [0.15, 0.2) is 0 Å². The molecule has 5 heteroatoms. The van der Waals surface area contributed by atoms with Gasteiger partial charge in [-0.1, -0.05) is 20.3 Å². The number of anilines is 1. The van der Waals surface area contributed by atoms with E-state index in [4.69, 9.17) is 4.74 Å². The summed E-state index contributed by atoms with van der Waals surface area (Å²) in [6, 6.07) is 5.43. The molecule has 0 aliphatic heterocycles. The third-order valence-electron chi connectivity index (χ3n) is 3.57. The Hall–Kier alpha value is -1.75. The fraction of sp³-hybridized carbons (Fsp3) is 0.611. The minimum Gasteiger partial charge on any atom is -0.494 e. The number of ether oxygens (including phenoxy) is 1. The van der Waals surface area contributed by atoms with Crippen LogP contribution in [0.3, 0.4) is 0 Å². The van der Waals surface area contributed by atoms with Crippen molar-refractivity contribution >= 4 is 11.7 Å². The zero-order chi connectivity index (χ0) is 17.2. The van der Waals surface area contributed by atoms with Crippen LogP contribution in [0.15, 0.2) is 18.2 Å². The quantitative estimate of drug-likeness (QED) is 0.607. The second-order valence-corrected chi connectivity index (χ2v) is 6.20. The summed E-state index contributed by atoms with van der Waals surface area (Å²) in [5, 5.41) is 15.0. The van der Waals surface area contributed by atoms with Crippen molar-refractivity contribution in [3.8, 4) is 5.75 Å². The van der Waals surface area contributed by atoms with E-state index >= 15 is 0 Å². The molecular weight excluding hydrogens is 292 g/mol. The van der Waals surface area contributed by atoms with Gasteiger partial charge in [0.25, 0.3) is 0 Å². The lowest BCUT2D eigenvalue weighted by Crippen LogP contribution is -2.33. The third-order valence-corrected chi connectivity index (χ3v) is 3.57. The van der Waals surface area contributed by atoms with E-state index < -0.39 is 0 Å². The van der Waals surface area contributed by atoms with Crippen LogP contribution in [0.1, 0.15) is 45.6 Å². The highest BCUT2D eigenvalue weighted by molar-refractivity contribution is 5.90. The normalized spacial score (nSPS) is 13.3. The summed E-state index contributed by atoms with van der Waals surface area (Å²) in [5.74, 6) is 1.06. The molecule has 5 nitrogen and oxygen atoms in total. The van der Waals surface area contributed by atoms with Crippen LogP contribution in [0, 0.1) is 12.8 Å². The molecule has 0 aromatic heterocycles. The first-order valence-electron chi connectivity index (χ1n) is 8.38. The molecule has 0 heterocycles. The van der Waals surface area contributed by atoms with Crippen molar-refractivity contribution in [1.29, 1.82) is 0 Å². The summed E-state index contributed by atoms with van der Waals surface area (Å²) in [4.78, 5) is 11.9. The van der Waals surface area contributed by atoms with Gasteiger partial charge in [-0.05, 0) is 56.4 Å². The van der Waals surface area contributed by atoms with Crippen molar-refractivity contribution in [3.63, 3.8) is 0 Å². The highest BCUT2D eigenvalue weighted by Crippen LogP contribution is 2.21. The van der Waals surface area contributed by atoms with Gasteiger partial charge in [0.2, 0.25) is 0 Å². The number of carbonyl (C=O) groups is 1. The van der Waals surface area contributed by atoms with Crippen molar-refractivity contribution in [1.82, 2.24) is 5.32 Å². The van der Waals surface area contributed by atoms with Crippen molar-refractivity contribution in [3.05, 3.63) is 23.8 Å². The number of nitrogens with one attached hydrogen (secondary N) is 2. The molecule has 0 saturated carbocycles. The molecule has 0 saturated heterocycles. The van der Waals surface area contributed by atoms with E-state index in [9.17, 15) is 9.90 Å². The van der Waals surface area contributed by atoms with Crippen molar-refractivity contribution < 1.29 is 14.6 Å². The van der Waals surface area contributed by atoms with E-state index in [1.54, 1.807) is 6.92 Å². The maximum atomic E-state index is 11.9. The molecule has 1 rings (SSSR count). The number of urea groups is 1. The average Bonchev–Trinajstić information content (AvgIpc) is 2.47. The smallest absolute Gasteiger partial charge is 0.319 e. The Morgan fingerprint density at radius 3 is 2.70 bits per heavy atom. The monoisotopic (exact) mass is 322 g/mol. The SMILES string of the molecule is CCCCOc1ccc(NC(=O)NCC(C)CC(C)O)c(C)c1. The second kappa shape index (κ2) is 10.1. The lowest BCUT2D eigenvalue weighted by atomic mass is 10.1. The maximum Gasteiger partial charge on any atom is 0.319 e. The van der Waals surface area contributed by atoms with Crippen LogP contribution in [0.2, 0.25) is 0 Å². The summed E-state index contributed by atoms with van der Waals surface area (Å²) in [6.45, 7) is 9.07. The number of unbranched alkanes of at least 4 members (excludes halogenated alkanes) is 1. The number of rotatable bonds is 9. The molecule has 0 bridgehead atoms. The molecule has 130 valence electrons. The van der Waals surface area contributed by atoms with Crippen LogP contribution in [0.5, 0.6) is 5.75 Å². The summed E-state index contributed by atoms with van der Waals surface area (Å²) in [6.07, 6.45) is 2.46. The van der Waals surface area contributed by atoms with Gasteiger partial charge >= 0.3 is 6.03 Å². The van der Waals surface area contributed by atoms with Gasteiger partial charge in [-0.2, -0.15) is 0 Å². The molecule has 1 aromatic carbocycles. The lowest BCUT2D eigenvalue weighted by molar-refractivity contribution is 0.163. The Kier molecular flexibility index (Phi) is 8.48. The topological polar surface area (TPSA) is 70.6 Å². The third kappa shape index (κ3) is 7.88. The number of aliphatic hydroxyl groups excluding tert-OH is 1. The zero-order valence-corrected chi connectivity index (χ0v) is 14.7. The number of aliphatic hydroxyl groups is 1. The van der Waals surface area contributed by atoms with E-state index in [2.05, 4.69) is 17.6 Å². The van der Waals surface area contributed by atoms with E-state index in [-0.39, 0.29) is 18.1 Å². The van der Waals surface area contributed by atoms with Crippen LogP contribution in [-0.4, -0.2) is 30.4 Å². The van der Waals surface area contributed by atoms with Gasteiger partial charge in [0.05, 0.1) is 12.7 Å². The van der Waals surface area contributed by atoms with E-state index in [1.807, 2.05) is 32.0 Å². The number of carbonyl (C=O) groups excluding carboxylic acids is 1. The highest BCUT2D eigenvalue weighted by atomic mass is 16.5. The Morgan fingerprint density at radius 1 is 1.35 bits per heavy atom. The summed E-state index contributed by atoms with van der Waals surface area (Å²) in [5.41, 5.74) is 1.74. The molecule has 23 heavy (non-hydrogen) atoms. The first-order chi connectivity index (χ1) is 10.9. The van der Waals surface area contributed by atoms with Crippen LogP contribution < -0.4 is 15.4 Å². The van der Waals surface area contributed by atoms with Gasteiger partial charge in [-0.25, -0.2) is 4.79 Å². The largest absolute Gasteiger partial charge is 0.494 e. The molecule has 0 radical (unpaired) electrons. The highest BCUT2D eigenvalue weighted by Gasteiger charge is 2.09. The fourth-order valence-electron chi connectivity index (χ4n) is 2.30. The minimum absolute atomic E-state index is 0.231. The molecule has 0 spiro atoms. The number of amides is 2. The van der Waals surface area contributed by atoms with Crippen LogP contribution in [-0.2, 0) is 0 Å².